The summed E-state index contributed by atoms with van der Waals surface area (Å²) < 4.78 is 0. The van der Waals surface area contributed by atoms with Crippen LogP contribution >= 0.6 is 0 Å². The van der Waals surface area contributed by atoms with Gasteiger partial charge in [0.2, 0.25) is 0 Å². The molecule has 0 aliphatic heterocycles. The molecule has 3 N–H and O–H groups in total. The fourth-order valence-electron chi connectivity index (χ4n) is 2.47. The molecular weight excluding hydrogens is 172 g/mol. The van der Waals surface area contributed by atoms with E-state index in [-0.39, 0.29) is 5.54 Å². The summed E-state index contributed by atoms with van der Waals surface area (Å²) in [4.78, 5) is 0. The molecule has 0 spiro atoms. The minimum absolute atomic E-state index is 0.153. The molecule has 1 aliphatic carbocycles. The summed E-state index contributed by atoms with van der Waals surface area (Å²) in [5, 5.41) is 3.53. The maximum atomic E-state index is 5.86. The van der Waals surface area contributed by atoms with Gasteiger partial charge in [-0.1, -0.05) is 13.8 Å². The molecular formula is C12H22N2. The highest BCUT2D eigenvalue weighted by atomic mass is 15.0. The maximum absolute atomic E-state index is 5.86. The van der Waals surface area contributed by atoms with E-state index in [1.165, 1.54) is 19.3 Å². The lowest BCUT2D eigenvalue weighted by molar-refractivity contribution is 0.293. The number of terminal acetylenes is 1. The molecule has 0 aromatic carbocycles. The van der Waals surface area contributed by atoms with Crippen LogP contribution in [0, 0.1) is 17.8 Å². The largest absolute Gasteiger partial charge is 0.329 e. The third kappa shape index (κ3) is 2.73. The van der Waals surface area contributed by atoms with Crippen molar-refractivity contribution in [2.75, 3.05) is 13.1 Å². The lowest BCUT2D eigenvalue weighted by Gasteiger charge is -2.30. The predicted octanol–water partition coefficient (Wildman–Crippen LogP) is 1.51. The van der Waals surface area contributed by atoms with Crippen molar-refractivity contribution in [2.24, 2.45) is 11.1 Å². The van der Waals surface area contributed by atoms with E-state index in [0.717, 1.165) is 19.5 Å². The summed E-state index contributed by atoms with van der Waals surface area (Å²) in [5.74, 6) is 2.65. The number of hydrogen-bond donors (Lipinski definition) is 2. The molecule has 0 aromatic heterocycles. The van der Waals surface area contributed by atoms with Gasteiger partial charge in [-0.15, -0.1) is 12.3 Å². The Morgan fingerprint density at radius 3 is 2.57 bits per heavy atom. The summed E-state index contributed by atoms with van der Waals surface area (Å²) in [6.07, 6.45) is 9.63. The van der Waals surface area contributed by atoms with Gasteiger partial charge in [-0.25, -0.2) is 0 Å². The van der Waals surface area contributed by atoms with Crippen LogP contribution in [0.2, 0.25) is 0 Å². The molecule has 1 atom stereocenters. The summed E-state index contributed by atoms with van der Waals surface area (Å²) in [5.41, 5.74) is 6.44. The molecule has 0 radical (unpaired) electrons. The zero-order valence-corrected chi connectivity index (χ0v) is 9.40. The minimum atomic E-state index is 0.153. The van der Waals surface area contributed by atoms with E-state index >= 15 is 0 Å². The smallest absolute Gasteiger partial charge is 0.0309 e. The molecule has 1 aliphatic rings. The summed E-state index contributed by atoms with van der Waals surface area (Å²) in [7, 11) is 0. The third-order valence-corrected chi connectivity index (χ3v) is 3.26. The van der Waals surface area contributed by atoms with Crippen LogP contribution in [0.3, 0.4) is 0 Å². The monoisotopic (exact) mass is 194 g/mol. The van der Waals surface area contributed by atoms with Gasteiger partial charge < -0.3 is 11.1 Å². The van der Waals surface area contributed by atoms with E-state index in [9.17, 15) is 0 Å². The lowest BCUT2D eigenvalue weighted by atomic mass is 9.87. The van der Waals surface area contributed by atoms with Crippen molar-refractivity contribution in [3.05, 3.63) is 0 Å². The Hall–Kier alpha value is -0.520. The van der Waals surface area contributed by atoms with Crippen molar-refractivity contribution in [3.8, 4) is 12.3 Å². The Kier molecular flexibility index (Phi) is 3.58. The summed E-state index contributed by atoms with van der Waals surface area (Å²) in [6.45, 7) is 6.24. The van der Waals surface area contributed by atoms with Crippen molar-refractivity contribution in [1.82, 2.24) is 5.32 Å². The molecule has 1 saturated carbocycles. The Morgan fingerprint density at radius 2 is 2.14 bits per heavy atom. The Labute approximate surface area is 87.6 Å². The van der Waals surface area contributed by atoms with E-state index in [4.69, 9.17) is 12.2 Å². The molecule has 0 aromatic rings. The quantitative estimate of drug-likeness (QED) is 0.526. The molecule has 0 bridgehead atoms. The van der Waals surface area contributed by atoms with Crippen LogP contribution < -0.4 is 11.1 Å². The van der Waals surface area contributed by atoms with Gasteiger partial charge in [0, 0.05) is 25.0 Å². The van der Waals surface area contributed by atoms with Gasteiger partial charge in [0.05, 0.1) is 0 Å². The van der Waals surface area contributed by atoms with Crippen LogP contribution in [0.25, 0.3) is 0 Å². The second kappa shape index (κ2) is 4.33. The van der Waals surface area contributed by atoms with E-state index in [2.05, 4.69) is 25.1 Å². The van der Waals surface area contributed by atoms with Crippen molar-refractivity contribution >= 4 is 0 Å². The van der Waals surface area contributed by atoms with Crippen molar-refractivity contribution in [1.29, 1.82) is 0 Å². The number of hydrogen-bond acceptors (Lipinski definition) is 2. The normalized spacial score (nSPS) is 30.1. The standard InChI is InChI=1S/C12H22N2/c1-4-5-8-14-12(10-13)7-6-11(2,3)9-12/h1,14H,5-10,13H2,2-3H3. The van der Waals surface area contributed by atoms with Crippen LogP contribution in [0.1, 0.15) is 39.5 Å². The van der Waals surface area contributed by atoms with Gasteiger partial charge in [0.15, 0.2) is 0 Å². The SMILES string of the molecule is C#CCCNC1(CN)CCC(C)(C)C1. The summed E-state index contributed by atoms with van der Waals surface area (Å²) >= 11 is 0. The second-order valence-corrected chi connectivity index (χ2v) is 5.21. The predicted molar refractivity (Wildman–Crippen MR) is 60.9 cm³/mol. The van der Waals surface area contributed by atoms with Gasteiger partial charge in [0.25, 0.3) is 0 Å². The van der Waals surface area contributed by atoms with Crippen LogP contribution in [0.4, 0.5) is 0 Å². The molecule has 14 heavy (non-hydrogen) atoms. The van der Waals surface area contributed by atoms with Crippen LogP contribution in [-0.2, 0) is 0 Å². The molecule has 1 unspecified atom stereocenters. The molecule has 2 nitrogen and oxygen atoms in total. The molecule has 0 heterocycles. The minimum Gasteiger partial charge on any atom is -0.329 e. The molecule has 1 fully saturated rings. The Balaban J connectivity index is 2.48. The maximum Gasteiger partial charge on any atom is 0.0309 e. The van der Waals surface area contributed by atoms with Gasteiger partial charge in [0.1, 0.15) is 0 Å². The highest BCUT2D eigenvalue weighted by Gasteiger charge is 2.41. The summed E-state index contributed by atoms with van der Waals surface area (Å²) in [6, 6.07) is 0. The van der Waals surface area contributed by atoms with Crippen LogP contribution in [0.5, 0.6) is 0 Å². The van der Waals surface area contributed by atoms with Gasteiger partial charge in [-0.05, 0) is 24.7 Å². The topological polar surface area (TPSA) is 38.0 Å². The van der Waals surface area contributed by atoms with Crippen molar-refractivity contribution in [2.45, 2.75) is 45.1 Å². The fourth-order valence-corrected chi connectivity index (χ4v) is 2.47. The van der Waals surface area contributed by atoms with E-state index in [1.54, 1.807) is 0 Å². The van der Waals surface area contributed by atoms with Crippen LogP contribution in [-0.4, -0.2) is 18.6 Å². The highest BCUT2D eigenvalue weighted by molar-refractivity contribution is 5.01. The second-order valence-electron chi connectivity index (χ2n) is 5.21. The average Bonchev–Trinajstić information content (AvgIpc) is 2.44. The number of rotatable bonds is 4. The zero-order valence-electron chi connectivity index (χ0n) is 9.40. The number of nitrogens with two attached hydrogens (primary N) is 1. The lowest BCUT2D eigenvalue weighted by Crippen LogP contribution is -2.50. The number of nitrogens with one attached hydrogen (secondary N) is 1. The molecule has 0 amide bonds. The van der Waals surface area contributed by atoms with Crippen molar-refractivity contribution in [3.63, 3.8) is 0 Å². The average molecular weight is 194 g/mol. The third-order valence-electron chi connectivity index (χ3n) is 3.26. The van der Waals surface area contributed by atoms with E-state index < -0.39 is 0 Å². The molecule has 80 valence electrons. The molecule has 2 heteroatoms. The van der Waals surface area contributed by atoms with Crippen molar-refractivity contribution < 1.29 is 0 Å². The Bertz CT molecular complexity index is 227. The first kappa shape index (κ1) is 11.6. The first-order valence-corrected chi connectivity index (χ1v) is 5.42. The first-order chi connectivity index (χ1) is 6.54. The fraction of sp³-hybridized carbons (Fsp3) is 0.833. The van der Waals surface area contributed by atoms with E-state index in [1.807, 2.05) is 0 Å². The first-order valence-electron chi connectivity index (χ1n) is 5.42. The molecule has 1 rings (SSSR count). The van der Waals surface area contributed by atoms with E-state index in [0.29, 0.717) is 5.41 Å². The van der Waals surface area contributed by atoms with Gasteiger partial charge >= 0.3 is 0 Å². The van der Waals surface area contributed by atoms with Crippen LogP contribution in [0.15, 0.2) is 0 Å². The zero-order chi connectivity index (χ0) is 10.7. The molecule has 0 saturated heterocycles. The van der Waals surface area contributed by atoms with Gasteiger partial charge in [-0.2, -0.15) is 0 Å². The van der Waals surface area contributed by atoms with Gasteiger partial charge in [-0.3, -0.25) is 0 Å². The Morgan fingerprint density at radius 1 is 1.43 bits per heavy atom. The highest BCUT2D eigenvalue weighted by Crippen LogP contribution is 2.42.